The molecule has 1 aromatic rings. The quantitative estimate of drug-likeness (QED) is 0.769. The topological polar surface area (TPSA) is 32.7 Å². The average Bonchev–Trinajstić information content (AvgIpc) is 2.41. The Morgan fingerprint density at radius 2 is 2.06 bits per heavy atom. The molecule has 2 aliphatic heterocycles. The Morgan fingerprint density at radius 3 is 2.83 bits per heavy atom. The van der Waals surface area contributed by atoms with Crippen LogP contribution >= 0.6 is 0 Å². The zero-order valence-corrected chi connectivity index (χ0v) is 10.5. The van der Waals surface area contributed by atoms with Crippen LogP contribution in [0.4, 0.5) is 0 Å². The van der Waals surface area contributed by atoms with Crippen LogP contribution in [0.5, 0.6) is 0 Å². The fourth-order valence-corrected chi connectivity index (χ4v) is 2.98. The largest absolute Gasteiger partial charge is 0.367 e. The molecule has 1 N–H and O–H groups in total. The van der Waals surface area contributed by atoms with E-state index >= 15 is 0 Å². The summed E-state index contributed by atoms with van der Waals surface area (Å²) >= 11 is 0. The highest BCUT2D eigenvalue weighted by Crippen LogP contribution is 2.35. The van der Waals surface area contributed by atoms with E-state index in [0.29, 0.717) is 6.61 Å². The molecule has 3 heteroatoms. The van der Waals surface area contributed by atoms with Crippen LogP contribution < -0.4 is 0 Å². The van der Waals surface area contributed by atoms with Gasteiger partial charge in [-0.25, -0.2) is 0 Å². The van der Waals surface area contributed by atoms with Gasteiger partial charge in [-0.05, 0) is 18.4 Å². The molecule has 2 saturated heterocycles. The van der Waals surface area contributed by atoms with Gasteiger partial charge in [-0.15, -0.1) is 0 Å². The first kappa shape index (κ1) is 11.9. The van der Waals surface area contributed by atoms with Crippen LogP contribution in [0.2, 0.25) is 0 Å². The van der Waals surface area contributed by atoms with Crippen molar-refractivity contribution < 1.29 is 9.84 Å². The molecule has 96 valence electrons. The maximum Gasteiger partial charge on any atom is 0.170 e. The lowest BCUT2D eigenvalue weighted by atomic mass is 9.92. The standard InChI is InChI=1S/C15H19NO2/c1-11-7-8-16-13(9-11)15(17)18-10-14(16)12-5-3-2-4-6-12/h2-6,13-15,17H,1,7-10H2/t13-,14+,15?/m0/s1. The van der Waals surface area contributed by atoms with Gasteiger partial charge in [0.2, 0.25) is 0 Å². The molecule has 0 aromatic heterocycles. The molecule has 0 spiro atoms. The molecular weight excluding hydrogens is 226 g/mol. The second kappa shape index (κ2) is 4.84. The minimum absolute atomic E-state index is 0.0604. The van der Waals surface area contributed by atoms with Crippen molar-refractivity contribution in [2.24, 2.45) is 0 Å². The lowest BCUT2D eigenvalue weighted by Crippen LogP contribution is -2.55. The molecule has 1 aromatic carbocycles. The van der Waals surface area contributed by atoms with Crippen molar-refractivity contribution in [1.82, 2.24) is 4.90 Å². The van der Waals surface area contributed by atoms with E-state index in [-0.39, 0.29) is 12.1 Å². The monoisotopic (exact) mass is 245 g/mol. The van der Waals surface area contributed by atoms with Gasteiger partial charge in [0, 0.05) is 6.54 Å². The minimum atomic E-state index is -0.679. The van der Waals surface area contributed by atoms with Crippen molar-refractivity contribution in [2.75, 3.05) is 13.2 Å². The van der Waals surface area contributed by atoms with E-state index in [1.807, 2.05) is 6.07 Å². The Hall–Kier alpha value is -1.16. The van der Waals surface area contributed by atoms with Crippen molar-refractivity contribution in [1.29, 1.82) is 0 Å². The van der Waals surface area contributed by atoms with Crippen LogP contribution in [0.1, 0.15) is 24.4 Å². The van der Waals surface area contributed by atoms with Crippen molar-refractivity contribution in [3.8, 4) is 0 Å². The summed E-state index contributed by atoms with van der Waals surface area (Å²) in [7, 11) is 0. The number of fused-ring (bicyclic) bond motifs is 1. The van der Waals surface area contributed by atoms with Gasteiger partial charge >= 0.3 is 0 Å². The van der Waals surface area contributed by atoms with Gasteiger partial charge in [-0.2, -0.15) is 0 Å². The average molecular weight is 245 g/mol. The smallest absolute Gasteiger partial charge is 0.170 e. The van der Waals surface area contributed by atoms with E-state index < -0.39 is 6.29 Å². The number of morpholine rings is 1. The second-order valence-electron chi connectivity index (χ2n) is 5.16. The van der Waals surface area contributed by atoms with E-state index in [1.54, 1.807) is 0 Å². The molecule has 2 aliphatic rings. The first-order valence-corrected chi connectivity index (χ1v) is 6.53. The Morgan fingerprint density at radius 1 is 1.28 bits per heavy atom. The van der Waals surface area contributed by atoms with E-state index in [9.17, 15) is 5.11 Å². The zero-order chi connectivity index (χ0) is 12.5. The molecule has 18 heavy (non-hydrogen) atoms. The van der Waals surface area contributed by atoms with Crippen LogP contribution in [0, 0.1) is 0 Å². The first-order valence-electron chi connectivity index (χ1n) is 6.53. The number of hydrogen-bond donors (Lipinski definition) is 1. The van der Waals surface area contributed by atoms with E-state index in [4.69, 9.17) is 4.74 Å². The fourth-order valence-electron chi connectivity index (χ4n) is 2.98. The minimum Gasteiger partial charge on any atom is -0.367 e. The highest BCUT2D eigenvalue weighted by atomic mass is 16.6. The SMILES string of the molecule is C=C1CCN2[C@@H](c3ccccc3)COC(O)[C@@H]2C1. The number of nitrogens with zero attached hydrogens (tertiary/aromatic N) is 1. The summed E-state index contributed by atoms with van der Waals surface area (Å²) in [6, 6.07) is 10.7. The molecular formula is C15H19NO2. The highest BCUT2D eigenvalue weighted by Gasteiger charge is 2.39. The number of benzene rings is 1. The third-order valence-corrected chi connectivity index (χ3v) is 3.99. The normalized spacial score (nSPS) is 33.2. The Labute approximate surface area is 108 Å². The van der Waals surface area contributed by atoms with Crippen LogP contribution in [0.15, 0.2) is 42.5 Å². The summed E-state index contributed by atoms with van der Waals surface area (Å²) < 4.78 is 5.54. The lowest BCUT2D eigenvalue weighted by molar-refractivity contribution is -0.203. The summed E-state index contributed by atoms with van der Waals surface area (Å²) in [5, 5.41) is 9.98. The number of aliphatic hydroxyl groups is 1. The van der Waals surface area contributed by atoms with Crippen molar-refractivity contribution in [3.05, 3.63) is 48.0 Å². The molecule has 0 radical (unpaired) electrons. The molecule has 2 heterocycles. The van der Waals surface area contributed by atoms with Crippen molar-refractivity contribution in [2.45, 2.75) is 31.2 Å². The van der Waals surface area contributed by atoms with Gasteiger partial charge in [0.1, 0.15) is 0 Å². The van der Waals surface area contributed by atoms with Gasteiger partial charge in [-0.1, -0.05) is 42.5 Å². The summed E-state index contributed by atoms with van der Waals surface area (Å²) in [4.78, 5) is 2.37. The summed E-state index contributed by atoms with van der Waals surface area (Å²) in [6.07, 6.45) is 1.18. The molecule has 2 fully saturated rings. The molecule has 0 aliphatic carbocycles. The molecule has 3 atom stereocenters. The highest BCUT2D eigenvalue weighted by molar-refractivity contribution is 5.21. The molecule has 3 nitrogen and oxygen atoms in total. The number of rotatable bonds is 1. The van der Waals surface area contributed by atoms with Gasteiger partial charge in [0.15, 0.2) is 6.29 Å². The second-order valence-corrected chi connectivity index (χ2v) is 5.16. The molecule has 0 amide bonds. The van der Waals surface area contributed by atoms with E-state index in [1.165, 1.54) is 11.1 Å². The lowest BCUT2D eigenvalue weighted by Gasteiger charge is -2.47. The predicted molar refractivity (Wildman–Crippen MR) is 70.0 cm³/mol. The van der Waals surface area contributed by atoms with Crippen molar-refractivity contribution in [3.63, 3.8) is 0 Å². The van der Waals surface area contributed by atoms with Crippen LogP contribution in [-0.4, -0.2) is 35.5 Å². The van der Waals surface area contributed by atoms with E-state index in [0.717, 1.165) is 19.4 Å². The Balaban J connectivity index is 1.86. The number of ether oxygens (including phenoxy) is 1. The van der Waals surface area contributed by atoms with Crippen LogP contribution in [0.3, 0.4) is 0 Å². The van der Waals surface area contributed by atoms with Gasteiger partial charge in [0.05, 0.1) is 18.7 Å². The number of piperidine rings is 1. The van der Waals surface area contributed by atoms with Gasteiger partial charge in [0.25, 0.3) is 0 Å². The summed E-state index contributed by atoms with van der Waals surface area (Å²) in [5.74, 6) is 0. The maximum absolute atomic E-state index is 9.98. The third kappa shape index (κ3) is 2.09. The fraction of sp³-hybridized carbons (Fsp3) is 0.467. The van der Waals surface area contributed by atoms with E-state index in [2.05, 4.69) is 35.7 Å². The Kier molecular flexibility index (Phi) is 3.20. The molecule has 0 saturated carbocycles. The van der Waals surface area contributed by atoms with Crippen LogP contribution in [-0.2, 0) is 4.74 Å². The van der Waals surface area contributed by atoms with Crippen LogP contribution in [0.25, 0.3) is 0 Å². The predicted octanol–water partition coefficient (Wildman–Crippen LogP) is 2.10. The molecule has 1 unspecified atom stereocenters. The Bertz CT molecular complexity index is 431. The third-order valence-electron chi connectivity index (χ3n) is 3.99. The number of aliphatic hydroxyl groups excluding tert-OH is 1. The summed E-state index contributed by atoms with van der Waals surface area (Å²) in [6.45, 7) is 5.57. The molecule has 3 rings (SSSR count). The molecule has 0 bridgehead atoms. The first-order chi connectivity index (χ1) is 8.75. The zero-order valence-electron chi connectivity index (χ0n) is 10.5. The number of hydrogen-bond acceptors (Lipinski definition) is 3. The van der Waals surface area contributed by atoms with Gasteiger partial charge in [-0.3, -0.25) is 4.90 Å². The maximum atomic E-state index is 9.98. The van der Waals surface area contributed by atoms with Crippen molar-refractivity contribution >= 4 is 0 Å². The summed E-state index contributed by atoms with van der Waals surface area (Å²) in [5.41, 5.74) is 2.48. The van der Waals surface area contributed by atoms with Gasteiger partial charge < -0.3 is 9.84 Å².